The highest BCUT2D eigenvalue weighted by Gasteiger charge is 2.30. The van der Waals surface area contributed by atoms with Crippen molar-refractivity contribution in [1.82, 2.24) is 19.6 Å². The van der Waals surface area contributed by atoms with Crippen molar-refractivity contribution >= 4 is 11.8 Å². The first-order valence-corrected chi connectivity index (χ1v) is 12.6. The molecule has 6 heteroatoms. The lowest BCUT2D eigenvalue weighted by Crippen LogP contribution is -2.51. The predicted molar refractivity (Wildman–Crippen MR) is 121 cm³/mol. The first kappa shape index (κ1) is 22.8. The number of piperazine rings is 1. The zero-order valence-electron chi connectivity index (χ0n) is 19.0. The number of rotatable bonds is 7. The molecule has 3 heterocycles. The molecule has 164 valence electrons. The summed E-state index contributed by atoms with van der Waals surface area (Å²) < 4.78 is 6.12. The number of thioether (sulfide) groups is 1. The number of ether oxygens (including phenoxy) is 1. The average Bonchev–Trinajstić information content (AvgIpc) is 2.69. The number of hydrogen-bond acceptors (Lipinski definition) is 6. The van der Waals surface area contributed by atoms with E-state index in [2.05, 4.69) is 66.1 Å². The topological polar surface area (TPSA) is 22.2 Å². The summed E-state index contributed by atoms with van der Waals surface area (Å²) in [6.07, 6.45) is 2.91. The highest BCUT2D eigenvalue weighted by molar-refractivity contribution is 8.00. The normalized spacial score (nSPS) is 31.9. The molecule has 0 aromatic carbocycles. The van der Waals surface area contributed by atoms with Gasteiger partial charge in [0.25, 0.3) is 0 Å². The molecular formula is C22H44N4OS. The van der Waals surface area contributed by atoms with Gasteiger partial charge in [-0.3, -0.25) is 14.7 Å². The lowest BCUT2D eigenvalue weighted by molar-refractivity contribution is -0.0514. The molecule has 0 saturated carbocycles. The molecule has 0 bridgehead atoms. The number of hydrogen-bond donors (Lipinski definition) is 0. The second-order valence-corrected chi connectivity index (χ2v) is 11.0. The van der Waals surface area contributed by atoms with Gasteiger partial charge in [0.05, 0.1) is 12.7 Å². The van der Waals surface area contributed by atoms with Gasteiger partial charge in [0.1, 0.15) is 0 Å². The van der Waals surface area contributed by atoms with Crippen molar-refractivity contribution < 1.29 is 4.74 Å². The molecule has 3 aliphatic rings. The first-order chi connectivity index (χ1) is 13.4. The summed E-state index contributed by atoms with van der Waals surface area (Å²) in [5, 5.41) is 0.783. The van der Waals surface area contributed by atoms with Gasteiger partial charge in [-0.25, -0.2) is 0 Å². The summed E-state index contributed by atoms with van der Waals surface area (Å²) in [7, 11) is 2.24. The van der Waals surface area contributed by atoms with Crippen LogP contribution in [0.2, 0.25) is 0 Å². The molecule has 3 saturated heterocycles. The number of nitrogens with zero attached hydrogens (tertiary/aromatic N) is 4. The van der Waals surface area contributed by atoms with Crippen LogP contribution in [0.1, 0.15) is 40.5 Å². The summed E-state index contributed by atoms with van der Waals surface area (Å²) >= 11 is 2.21. The van der Waals surface area contributed by atoms with E-state index in [1.54, 1.807) is 0 Å². The van der Waals surface area contributed by atoms with Crippen LogP contribution in [0.15, 0.2) is 0 Å². The third-order valence-corrected chi connectivity index (χ3v) is 8.29. The molecule has 3 rings (SSSR count). The fraction of sp³-hybridized carbons (Fsp3) is 1.00. The Bertz CT molecular complexity index is 458. The average molecular weight is 413 g/mol. The van der Waals surface area contributed by atoms with Crippen LogP contribution in [0.4, 0.5) is 0 Å². The molecule has 0 aromatic heterocycles. The number of morpholine rings is 1. The SMILES string of the molecule is CC(C)N1CCOC(CC(C)N2CCSC(CC(C)N3CCN(C)CC3)C2)C1. The van der Waals surface area contributed by atoms with E-state index in [4.69, 9.17) is 4.74 Å². The van der Waals surface area contributed by atoms with Crippen molar-refractivity contribution in [1.29, 1.82) is 0 Å². The Labute approximate surface area is 178 Å². The minimum atomic E-state index is 0.406. The molecule has 5 nitrogen and oxygen atoms in total. The van der Waals surface area contributed by atoms with Gasteiger partial charge in [0, 0.05) is 81.5 Å². The van der Waals surface area contributed by atoms with E-state index in [0.29, 0.717) is 24.2 Å². The van der Waals surface area contributed by atoms with Crippen molar-refractivity contribution in [3.05, 3.63) is 0 Å². The highest BCUT2D eigenvalue weighted by Crippen LogP contribution is 2.27. The smallest absolute Gasteiger partial charge is 0.0717 e. The maximum atomic E-state index is 6.12. The van der Waals surface area contributed by atoms with Crippen LogP contribution in [0, 0.1) is 0 Å². The third-order valence-electron chi connectivity index (χ3n) is 7.06. The number of likely N-dealkylation sites (N-methyl/N-ethyl adjacent to an activating group) is 1. The molecule has 0 aliphatic carbocycles. The Morgan fingerprint density at radius 2 is 1.54 bits per heavy atom. The lowest BCUT2D eigenvalue weighted by Gasteiger charge is -2.42. The van der Waals surface area contributed by atoms with Gasteiger partial charge in [-0.05, 0) is 47.6 Å². The largest absolute Gasteiger partial charge is 0.375 e. The molecule has 0 amide bonds. The van der Waals surface area contributed by atoms with Gasteiger partial charge in [-0.2, -0.15) is 11.8 Å². The van der Waals surface area contributed by atoms with Crippen LogP contribution in [0.5, 0.6) is 0 Å². The monoisotopic (exact) mass is 412 g/mol. The van der Waals surface area contributed by atoms with Crippen LogP contribution >= 0.6 is 11.8 Å². The van der Waals surface area contributed by atoms with E-state index in [9.17, 15) is 0 Å². The summed E-state index contributed by atoms with van der Waals surface area (Å²) in [6, 6.07) is 1.97. The van der Waals surface area contributed by atoms with Crippen LogP contribution in [-0.4, -0.2) is 121 Å². The summed E-state index contributed by atoms with van der Waals surface area (Å²) in [5.74, 6) is 1.29. The lowest BCUT2D eigenvalue weighted by atomic mass is 10.0. The van der Waals surface area contributed by atoms with E-state index >= 15 is 0 Å². The Balaban J connectivity index is 1.43. The molecule has 4 unspecified atom stereocenters. The molecule has 4 atom stereocenters. The van der Waals surface area contributed by atoms with Crippen LogP contribution in [0.25, 0.3) is 0 Å². The molecular weight excluding hydrogens is 368 g/mol. The third kappa shape index (κ3) is 6.58. The summed E-state index contributed by atoms with van der Waals surface area (Å²) in [4.78, 5) is 10.5. The Kier molecular flexibility index (Phi) is 8.94. The van der Waals surface area contributed by atoms with Gasteiger partial charge in [0.2, 0.25) is 0 Å². The zero-order valence-corrected chi connectivity index (χ0v) is 19.8. The van der Waals surface area contributed by atoms with E-state index < -0.39 is 0 Å². The Morgan fingerprint density at radius 1 is 0.821 bits per heavy atom. The van der Waals surface area contributed by atoms with E-state index in [-0.39, 0.29) is 0 Å². The van der Waals surface area contributed by atoms with Crippen molar-refractivity contribution in [3.63, 3.8) is 0 Å². The molecule has 0 spiro atoms. The van der Waals surface area contributed by atoms with Gasteiger partial charge >= 0.3 is 0 Å². The minimum Gasteiger partial charge on any atom is -0.375 e. The molecule has 0 N–H and O–H groups in total. The maximum Gasteiger partial charge on any atom is 0.0717 e. The zero-order chi connectivity index (χ0) is 20.1. The van der Waals surface area contributed by atoms with E-state index in [1.807, 2.05) is 0 Å². The van der Waals surface area contributed by atoms with Gasteiger partial charge in [0.15, 0.2) is 0 Å². The second-order valence-electron chi connectivity index (χ2n) is 9.58. The maximum absolute atomic E-state index is 6.12. The molecule has 3 aliphatic heterocycles. The van der Waals surface area contributed by atoms with Crippen molar-refractivity contribution in [2.45, 2.75) is 70.0 Å². The van der Waals surface area contributed by atoms with Gasteiger partial charge in [-0.15, -0.1) is 0 Å². The van der Waals surface area contributed by atoms with Gasteiger partial charge in [-0.1, -0.05) is 0 Å². The fourth-order valence-electron chi connectivity index (χ4n) is 4.96. The molecule has 28 heavy (non-hydrogen) atoms. The molecule has 0 aromatic rings. The quantitative estimate of drug-likeness (QED) is 0.636. The highest BCUT2D eigenvalue weighted by atomic mass is 32.2. The van der Waals surface area contributed by atoms with Crippen molar-refractivity contribution in [2.24, 2.45) is 0 Å². The van der Waals surface area contributed by atoms with E-state index in [0.717, 1.165) is 24.9 Å². The van der Waals surface area contributed by atoms with Crippen molar-refractivity contribution in [3.8, 4) is 0 Å². The summed E-state index contributed by atoms with van der Waals surface area (Å²) in [6.45, 7) is 20.0. The standard InChI is InChI=1S/C22H44N4OS/c1-18(2)25-10-12-27-21(16-25)14-19(3)26-11-13-28-22(17-26)15-20(4)24-8-6-23(5)7-9-24/h18-22H,6-17H2,1-5H3. The fourth-order valence-corrected chi connectivity index (χ4v) is 6.35. The Hall–Kier alpha value is 0.150. The first-order valence-electron chi connectivity index (χ1n) is 11.6. The predicted octanol–water partition coefficient (Wildman–Crippen LogP) is 2.32. The van der Waals surface area contributed by atoms with Crippen LogP contribution in [0.3, 0.4) is 0 Å². The van der Waals surface area contributed by atoms with Crippen LogP contribution < -0.4 is 0 Å². The van der Waals surface area contributed by atoms with E-state index in [1.165, 1.54) is 57.9 Å². The van der Waals surface area contributed by atoms with Gasteiger partial charge < -0.3 is 9.64 Å². The van der Waals surface area contributed by atoms with Crippen molar-refractivity contribution in [2.75, 3.05) is 71.8 Å². The van der Waals surface area contributed by atoms with Crippen LogP contribution in [-0.2, 0) is 4.74 Å². The second kappa shape index (κ2) is 11.0. The summed E-state index contributed by atoms with van der Waals surface area (Å²) in [5.41, 5.74) is 0. The molecule has 0 radical (unpaired) electrons. The minimum absolute atomic E-state index is 0.406. The molecule has 3 fully saturated rings. The Morgan fingerprint density at radius 3 is 2.25 bits per heavy atom.